The topological polar surface area (TPSA) is 28.0 Å². The van der Waals surface area contributed by atoms with E-state index in [1.54, 1.807) is 11.3 Å². The fraction of sp³-hybridized carbons (Fsp3) is 0.400. The van der Waals surface area contributed by atoms with E-state index in [0.29, 0.717) is 0 Å². The smallest absolute Gasteiger partial charge is 0.113 e. The van der Waals surface area contributed by atoms with Crippen LogP contribution in [0, 0.1) is 0 Å². The van der Waals surface area contributed by atoms with E-state index in [-0.39, 0.29) is 0 Å². The molecule has 0 fully saturated rings. The highest BCUT2D eigenvalue weighted by Gasteiger charge is 1.89. The average molecular weight is 109 g/mol. The van der Waals surface area contributed by atoms with E-state index in [4.69, 9.17) is 0 Å². The summed E-state index contributed by atoms with van der Waals surface area (Å²) in [5.74, 6) is 2.61. The molecule has 0 N–H and O–H groups in total. The van der Waals surface area contributed by atoms with Gasteiger partial charge in [0.2, 0.25) is 0 Å². The number of aliphatic imine (C=N–C) groups is 1. The summed E-state index contributed by atoms with van der Waals surface area (Å²) in [5.41, 5.74) is 0. The van der Waals surface area contributed by atoms with Crippen molar-refractivity contribution in [1.29, 1.82) is 0 Å². The zero-order valence-electron chi connectivity index (χ0n) is 4.70. The van der Waals surface area contributed by atoms with Crippen molar-refractivity contribution in [2.75, 3.05) is 6.54 Å². The Hall–Kier alpha value is -1.08. The van der Waals surface area contributed by atoms with Gasteiger partial charge in [-0.25, -0.2) is 10.0 Å². The van der Waals surface area contributed by atoms with Gasteiger partial charge in [-0.05, 0) is 6.92 Å². The van der Waals surface area contributed by atoms with Crippen LogP contribution >= 0.6 is 0 Å². The number of rotatable bonds is 1. The highest BCUT2D eigenvalue weighted by atomic mass is 15.5. The van der Waals surface area contributed by atoms with Crippen molar-refractivity contribution in [3.8, 4) is 0 Å². The minimum atomic E-state index is 0.852. The van der Waals surface area contributed by atoms with E-state index in [2.05, 4.69) is 16.0 Å². The second-order valence-corrected chi connectivity index (χ2v) is 1.38. The number of hydrogen-bond donors (Lipinski definition) is 0. The van der Waals surface area contributed by atoms with Crippen molar-refractivity contribution in [2.24, 2.45) is 10.1 Å². The molecular weight excluding hydrogens is 102 g/mol. The molecule has 8 heavy (non-hydrogen) atoms. The summed E-state index contributed by atoms with van der Waals surface area (Å²) in [6.07, 6.45) is 3.20. The van der Waals surface area contributed by atoms with Gasteiger partial charge in [0.05, 0.1) is 6.20 Å². The Morgan fingerprint density at radius 2 is 2.62 bits per heavy atom. The molecule has 0 saturated carbocycles. The predicted molar refractivity (Wildman–Crippen MR) is 32.9 cm³/mol. The molecule has 0 aromatic rings. The highest BCUT2D eigenvalue weighted by Crippen LogP contribution is 1.85. The molecular formula is C5H7N3. The first kappa shape index (κ1) is 5.06. The monoisotopic (exact) mass is 109 g/mol. The fourth-order valence-corrected chi connectivity index (χ4v) is 0.422. The number of hydrazone groups is 1. The van der Waals surface area contributed by atoms with Crippen LogP contribution in [0.4, 0.5) is 0 Å². The van der Waals surface area contributed by atoms with Crippen LogP contribution in [0.3, 0.4) is 0 Å². The third-order valence-electron chi connectivity index (χ3n) is 0.842. The summed E-state index contributed by atoms with van der Waals surface area (Å²) < 4.78 is 0. The molecule has 1 aliphatic rings. The Morgan fingerprint density at radius 1 is 1.75 bits per heavy atom. The Bertz CT molecular complexity index is 153. The summed E-state index contributed by atoms with van der Waals surface area (Å²) in [4.78, 5) is 3.80. The van der Waals surface area contributed by atoms with Gasteiger partial charge in [-0.1, -0.05) is 0 Å². The standard InChI is InChI=1S/C5H7N3/c1-2-8-5-6-3-4-7-8/h3,5H,2H2,1H3. The minimum Gasteiger partial charge on any atom is -0.247 e. The third kappa shape index (κ3) is 0.950. The quantitative estimate of drug-likeness (QED) is 0.480. The van der Waals surface area contributed by atoms with Crippen LogP contribution in [0.1, 0.15) is 6.92 Å². The predicted octanol–water partition coefficient (Wildman–Crippen LogP) is 0.449. The summed E-state index contributed by atoms with van der Waals surface area (Å²) in [6.45, 7) is 2.85. The normalized spacial score (nSPS) is 15.4. The van der Waals surface area contributed by atoms with Crippen molar-refractivity contribution in [3.63, 3.8) is 0 Å². The van der Waals surface area contributed by atoms with Crippen LogP contribution in [0.25, 0.3) is 0 Å². The molecule has 0 radical (unpaired) electrons. The molecule has 0 aromatic carbocycles. The van der Waals surface area contributed by atoms with E-state index in [1.165, 1.54) is 6.20 Å². The van der Waals surface area contributed by atoms with Crippen LogP contribution in [-0.4, -0.2) is 23.8 Å². The van der Waals surface area contributed by atoms with Crippen molar-refractivity contribution in [1.82, 2.24) is 5.01 Å². The van der Waals surface area contributed by atoms with Gasteiger partial charge in [0.15, 0.2) is 0 Å². The molecule has 1 aliphatic heterocycles. The van der Waals surface area contributed by atoms with Gasteiger partial charge in [-0.2, -0.15) is 0 Å². The van der Waals surface area contributed by atoms with E-state index in [0.717, 1.165) is 6.54 Å². The lowest BCUT2D eigenvalue weighted by Gasteiger charge is -2.07. The molecule has 3 nitrogen and oxygen atoms in total. The Balaban J connectivity index is 2.62. The molecule has 0 saturated heterocycles. The molecule has 0 bridgehead atoms. The molecule has 0 unspecified atom stereocenters. The van der Waals surface area contributed by atoms with E-state index in [1.807, 2.05) is 6.92 Å². The molecule has 0 amide bonds. The summed E-state index contributed by atoms with van der Waals surface area (Å²) in [7, 11) is 0. The molecule has 0 aliphatic carbocycles. The minimum absolute atomic E-state index is 0.852. The highest BCUT2D eigenvalue weighted by molar-refractivity contribution is 5.64. The average Bonchev–Trinajstić information content (AvgIpc) is 1.90. The van der Waals surface area contributed by atoms with E-state index >= 15 is 0 Å². The maximum absolute atomic E-state index is 3.83. The maximum Gasteiger partial charge on any atom is 0.113 e. The van der Waals surface area contributed by atoms with Crippen molar-refractivity contribution in [3.05, 3.63) is 6.20 Å². The largest absolute Gasteiger partial charge is 0.247 e. The first-order chi connectivity index (χ1) is 3.93. The van der Waals surface area contributed by atoms with Crippen LogP contribution in [0.15, 0.2) is 16.3 Å². The lowest BCUT2D eigenvalue weighted by Crippen LogP contribution is -2.14. The second-order valence-electron chi connectivity index (χ2n) is 1.38. The van der Waals surface area contributed by atoms with Gasteiger partial charge in [0.25, 0.3) is 0 Å². The molecule has 1 rings (SSSR count). The van der Waals surface area contributed by atoms with Crippen LogP contribution in [-0.2, 0) is 0 Å². The molecule has 42 valence electrons. The van der Waals surface area contributed by atoms with Crippen LogP contribution in [0.5, 0.6) is 0 Å². The van der Waals surface area contributed by atoms with Crippen LogP contribution in [0.2, 0.25) is 0 Å². The van der Waals surface area contributed by atoms with Gasteiger partial charge in [0.1, 0.15) is 6.34 Å². The molecule has 1 heterocycles. The first-order valence-corrected chi connectivity index (χ1v) is 2.51. The van der Waals surface area contributed by atoms with Crippen molar-refractivity contribution in [2.45, 2.75) is 6.92 Å². The third-order valence-corrected chi connectivity index (χ3v) is 0.842. The lowest BCUT2D eigenvalue weighted by molar-refractivity contribution is 0.486. The maximum atomic E-state index is 3.83. The van der Waals surface area contributed by atoms with E-state index < -0.39 is 0 Å². The zero-order valence-corrected chi connectivity index (χ0v) is 4.70. The Morgan fingerprint density at radius 3 is 3.00 bits per heavy atom. The van der Waals surface area contributed by atoms with Gasteiger partial charge in [-0.15, -0.1) is 5.10 Å². The second kappa shape index (κ2) is 2.28. The molecule has 0 aromatic heterocycles. The SMILES string of the molecule is CCN1C=NC=C=N1. The van der Waals surface area contributed by atoms with E-state index in [9.17, 15) is 0 Å². The summed E-state index contributed by atoms with van der Waals surface area (Å²) in [5, 5.41) is 5.53. The van der Waals surface area contributed by atoms with Gasteiger partial charge in [0, 0.05) is 12.4 Å². The summed E-state index contributed by atoms with van der Waals surface area (Å²) in [6, 6.07) is 0. The summed E-state index contributed by atoms with van der Waals surface area (Å²) >= 11 is 0. The lowest BCUT2D eigenvalue weighted by atomic mass is 10.7. The molecule has 0 atom stereocenters. The van der Waals surface area contributed by atoms with Crippen molar-refractivity contribution < 1.29 is 0 Å². The van der Waals surface area contributed by atoms with Gasteiger partial charge < -0.3 is 0 Å². The Kier molecular flexibility index (Phi) is 1.45. The van der Waals surface area contributed by atoms with Crippen LogP contribution < -0.4 is 0 Å². The molecule has 3 heteroatoms. The van der Waals surface area contributed by atoms with Crippen molar-refractivity contribution >= 4 is 12.2 Å². The first-order valence-electron chi connectivity index (χ1n) is 2.51. The zero-order chi connectivity index (χ0) is 5.82. The number of hydrogen-bond acceptors (Lipinski definition) is 3. The molecule has 0 spiro atoms. The van der Waals surface area contributed by atoms with Gasteiger partial charge >= 0.3 is 0 Å². The van der Waals surface area contributed by atoms with Gasteiger partial charge in [-0.3, -0.25) is 0 Å². The Labute approximate surface area is 48.0 Å². The fourth-order valence-electron chi connectivity index (χ4n) is 0.422. The number of nitrogens with zero attached hydrogens (tertiary/aromatic N) is 3.